The molecular formula is C18H24N4O3. The third-order valence-electron chi connectivity index (χ3n) is 4.57. The van der Waals surface area contributed by atoms with E-state index in [4.69, 9.17) is 9.26 Å². The molecule has 1 aliphatic rings. The van der Waals surface area contributed by atoms with Crippen LogP contribution in [0.1, 0.15) is 29.0 Å². The second-order valence-electron chi connectivity index (χ2n) is 6.48. The molecule has 134 valence electrons. The first-order valence-corrected chi connectivity index (χ1v) is 8.47. The number of nitrogens with one attached hydrogen (secondary N) is 1. The summed E-state index contributed by atoms with van der Waals surface area (Å²) in [6, 6.07) is 4.07. The molecule has 1 atom stereocenters. The third kappa shape index (κ3) is 4.36. The number of aromatic nitrogens is 2. The highest BCUT2D eigenvalue weighted by molar-refractivity contribution is 5.79. The Bertz CT molecular complexity index is 707. The van der Waals surface area contributed by atoms with Crippen molar-refractivity contribution in [2.75, 3.05) is 20.2 Å². The van der Waals surface area contributed by atoms with Crippen LogP contribution < -0.4 is 10.1 Å². The minimum Gasteiger partial charge on any atom is -0.481 e. The van der Waals surface area contributed by atoms with Crippen molar-refractivity contribution in [3.8, 4) is 5.88 Å². The molecule has 0 aliphatic carbocycles. The van der Waals surface area contributed by atoms with Crippen molar-refractivity contribution in [1.29, 1.82) is 0 Å². The summed E-state index contributed by atoms with van der Waals surface area (Å²) >= 11 is 0. The van der Waals surface area contributed by atoms with Gasteiger partial charge in [0.25, 0.3) is 0 Å². The average molecular weight is 344 g/mol. The van der Waals surface area contributed by atoms with E-state index in [-0.39, 0.29) is 11.9 Å². The number of methoxy groups -OCH3 is 1. The van der Waals surface area contributed by atoms with Crippen molar-refractivity contribution in [3.63, 3.8) is 0 Å². The molecule has 7 heteroatoms. The second kappa shape index (κ2) is 7.65. The molecule has 1 fully saturated rings. The highest BCUT2D eigenvalue weighted by atomic mass is 16.5. The quantitative estimate of drug-likeness (QED) is 0.858. The third-order valence-corrected chi connectivity index (χ3v) is 4.57. The Hall–Kier alpha value is -2.41. The maximum absolute atomic E-state index is 12.3. The highest BCUT2D eigenvalue weighted by Crippen LogP contribution is 2.16. The van der Waals surface area contributed by atoms with E-state index in [1.165, 1.54) is 0 Å². The van der Waals surface area contributed by atoms with Crippen LogP contribution in [0.2, 0.25) is 0 Å². The Morgan fingerprint density at radius 2 is 2.28 bits per heavy atom. The van der Waals surface area contributed by atoms with Gasteiger partial charge in [0.1, 0.15) is 5.76 Å². The Balaban J connectivity index is 1.48. The monoisotopic (exact) mass is 344 g/mol. The molecule has 2 aromatic rings. The van der Waals surface area contributed by atoms with Crippen molar-refractivity contribution in [2.45, 2.75) is 39.3 Å². The summed E-state index contributed by atoms with van der Waals surface area (Å²) in [7, 11) is 1.61. The fourth-order valence-electron chi connectivity index (χ4n) is 3.17. The van der Waals surface area contributed by atoms with Crippen LogP contribution in [0.15, 0.2) is 22.9 Å². The zero-order chi connectivity index (χ0) is 17.8. The van der Waals surface area contributed by atoms with Gasteiger partial charge in [-0.15, -0.1) is 0 Å². The number of pyridine rings is 1. The molecule has 0 aromatic carbocycles. The molecule has 1 saturated heterocycles. The van der Waals surface area contributed by atoms with E-state index in [0.717, 1.165) is 42.9 Å². The van der Waals surface area contributed by atoms with E-state index >= 15 is 0 Å². The van der Waals surface area contributed by atoms with Crippen LogP contribution in [-0.4, -0.2) is 47.2 Å². The standard InChI is InChI=1S/C18H24N4O3/c1-12-16(13(2)25-21-12)8-17(23)20-15-6-7-22(11-15)10-14-4-5-18(24-3)19-9-14/h4-5,9,15H,6-8,10-11H2,1-3H3,(H,20,23). The van der Waals surface area contributed by atoms with Gasteiger partial charge in [-0.2, -0.15) is 0 Å². The SMILES string of the molecule is COc1ccc(CN2CCC(NC(=O)Cc3c(C)noc3C)C2)cn1. The number of aryl methyl sites for hydroxylation is 2. The number of carbonyl (C=O) groups is 1. The predicted octanol–water partition coefficient (Wildman–Crippen LogP) is 1.63. The van der Waals surface area contributed by atoms with Crippen LogP contribution in [0, 0.1) is 13.8 Å². The lowest BCUT2D eigenvalue weighted by molar-refractivity contribution is -0.121. The maximum atomic E-state index is 12.3. The number of nitrogens with zero attached hydrogens (tertiary/aromatic N) is 3. The summed E-state index contributed by atoms with van der Waals surface area (Å²) in [4.78, 5) is 18.8. The van der Waals surface area contributed by atoms with Gasteiger partial charge in [-0.1, -0.05) is 11.2 Å². The first-order chi connectivity index (χ1) is 12.0. The molecule has 1 aliphatic heterocycles. The molecule has 0 spiro atoms. The highest BCUT2D eigenvalue weighted by Gasteiger charge is 2.24. The van der Waals surface area contributed by atoms with Gasteiger partial charge in [0.05, 0.1) is 19.2 Å². The largest absolute Gasteiger partial charge is 0.481 e. The zero-order valence-electron chi connectivity index (χ0n) is 14.9. The lowest BCUT2D eigenvalue weighted by Gasteiger charge is -2.16. The van der Waals surface area contributed by atoms with Gasteiger partial charge in [-0.25, -0.2) is 4.98 Å². The summed E-state index contributed by atoms with van der Waals surface area (Å²) in [5, 5.41) is 7.01. The lowest BCUT2D eigenvalue weighted by Crippen LogP contribution is -2.38. The Morgan fingerprint density at radius 1 is 1.44 bits per heavy atom. The van der Waals surface area contributed by atoms with Gasteiger partial charge in [-0.05, 0) is 25.8 Å². The van der Waals surface area contributed by atoms with Gasteiger partial charge in [0, 0.05) is 43.5 Å². The fourth-order valence-corrected chi connectivity index (χ4v) is 3.17. The first kappa shape index (κ1) is 17.4. The van der Waals surface area contributed by atoms with Gasteiger partial charge < -0.3 is 14.6 Å². The summed E-state index contributed by atoms with van der Waals surface area (Å²) in [6.07, 6.45) is 3.11. The van der Waals surface area contributed by atoms with Gasteiger partial charge in [0.2, 0.25) is 11.8 Å². The van der Waals surface area contributed by atoms with Crippen LogP contribution in [0.3, 0.4) is 0 Å². The Morgan fingerprint density at radius 3 is 2.92 bits per heavy atom. The van der Waals surface area contributed by atoms with Crippen LogP contribution in [0.4, 0.5) is 0 Å². The van der Waals surface area contributed by atoms with E-state index in [2.05, 4.69) is 20.4 Å². The molecule has 0 bridgehead atoms. The van der Waals surface area contributed by atoms with E-state index in [1.54, 1.807) is 7.11 Å². The van der Waals surface area contributed by atoms with Crippen LogP contribution in [0.5, 0.6) is 5.88 Å². The number of likely N-dealkylation sites (tertiary alicyclic amines) is 1. The Labute approximate surface area is 147 Å². The minimum atomic E-state index is 0.0207. The normalized spacial score (nSPS) is 17.6. The molecule has 0 saturated carbocycles. The van der Waals surface area contributed by atoms with Gasteiger partial charge in [-0.3, -0.25) is 9.69 Å². The number of ether oxygens (including phenoxy) is 1. The van der Waals surface area contributed by atoms with Crippen LogP contribution >= 0.6 is 0 Å². The summed E-state index contributed by atoms with van der Waals surface area (Å²) in [6.45, 7) is 6.33. The van der Waals surface area contributed by atoms with E-state index in [1.807, 2.05) is 32.2 Å². The van der Waals surface area contributed by atoms with E-state index in [9.17, 15) is 4.79 Å². The maximum Gasteiger partial charge on any atom is 0.224 e. The van der Waals surface area contributed by atoms with Crippen LogP contribution in [0.25, 0.3) is 0 Å². The zero-order valence-corrected chi connectivity index (χ0v) is 14.9. The number of hydrogen-bond acceptors (Lipinski definition) is 6. The number of hydrogen-bond donors (Lipinski definition) is 1. The molecule has 1 amide bonds. The smallest absolute Gasteiger partial charge is 0.224 e. The van der Waals surface area contributed by atoms with Gasteiger partial charge >= 0.3 is 0 Å². The molecule has 2 aromatic heterocycles. The molecule has 1 N–H and O–H groups in total. The van der Waals surface area contributed by atoms with Crippen molar-refractivity contribution >= 4 is 5.91 Å². The Kier molecular flexibility index (Phi) is 5.33. The lowest BCUT2D eigenvalue weighted by atomic mass is 10.1. The molecule has 0 radical (unpaired) electrons. The molecule has 7 nitrogen and oxygen atoms in total. The van der Waals surface area contributed by atoms with Crippen molar-refractivity contribution in [1.82, 2.24) is 20.4 Å². The van der Waals surface area contributed by atoms with Crippen molar-refractivity contribution < 1.29 is 14.1 Å². The number of carbonyl (C=O) groups excluding carboxylic acids is 1. The second-order valence-corrected chi connectivity index (χ2v) is 6.48. The van der Waals surface area contributed by atoms with E-state index in [0.29, 0.717) is 18.1 Å². The summed E-state index contributed by atoms with van der Waals surface area (Å²) in [5.41, 5.74) is 2.81. The average Bonchev–Trinajstić information content (AvgIpc) is 3.16. The minimum absolute atomic E-state index is 0.0207. The predicted molar refractivity (Wildman–Crippen MR) is 92.3 cm³/mol. The number of rotatable bonds is 6. The molecule has 3 heterocycles. The van der Waals surface area contributed by atoms with Gasteiger partial charge in [0.15, 0.2) is 0 Å². The fraction of sp³-hybridized carbons (Fsp3) is 0.500. The molecule has 25 heavy (non-hydrogen) atoms. The van der Waals surface area contributed by atoms with E-state index < -0.39 is 0 Å². The molecule has 3 rings (SSSR count). The van der Waals surface area contributed by atoms with Crippen molar-refractivity contribution in [2.24, 2.45) is 0 Å². The van der Waals surface area contributed by atoms with Crippen LogP contribution in [-0.2, 0) is 17.8 Å². The van der Waals surface area contributed by atoms with Crippen molar-refractivity contribution in [3.05, 3.63) is 40.9 Å². The summed E-state index contributed by atoms with van der Waals surface area (Å²) < 4.78 is 10.2. The first-order valence-electron chi connectivity index (χ1n) is 8.47. The molecular weight excluding hydrogens is 320 g/mol. The summed E-state index contributed by atoms with van der Waals surface area (Å²) in [5.74, 6) is 1.36. The topological polar surface area (TPSA) is 80.5 Å². The number of amides is 1. The molecule has 1 unspecified atom stereocenters.